The van der Waals surface area contributed by atoms with Crippen molar-refractivity contribution in [3.63, 3.8) is 0 Å². The van der Waals surface area contributed by atoms with E-state index in [0.717, 1.165) is 25.5 Å². The molecule has 4 aliphatic carbocycles. The molecule has 0 saturated heterocycles. The maximum Gasteiger partial charge on any atom is 0.302 e. The molecule has 0 spiro atoms. The number of ketones is 1. The van der Waals surface area contributed by atoms with Gasteiger partial charge in [0.1, 0.15) is 12.4 Å². The van der Waals surface area contributed by atoms with Crippen LogP contribution in [0.4, 0.5) is 0 Å². The lowest BCUT2D eigenvalue weighted by Crippen LogP contribution is -2.67. The number of carbonyl (C=O) groups is 3. The van der Waals surface area contributed by atoms with Crippen LogP contribution in [-0.2, 0) is 19.1 Å². The van der Waals surface area contributed by atoms with E-state index in [9.17, 15) is 14.4 Å². The van der Waals surface area contributed by atoms with Gasteiger partial charge in [0, 0.05) is 17.9 Å². The molecule has 3 saturated carbocycles. The van der Waals surface area contributed by atoms with Gasteiger partial charge in [-0.3, -0.25) is 9.59 Å². The molecule has 4 nitrogen and oxygen atoms in total. The second-order valence-electron chi connectivity index (χ2n) is 12.8. The Balaban J connectivity index is 1.86. The molecular formula is C28H42O4. The highest BCUT2D eigenvalue weighted by Gasteiger charge is 2.69. The van der Waals surface area contributed by atoms with Crippen molar-refractivity contribution in [1.82, 2.24) is 0 Å². The topological polar surface area (TPSA) is 60.4 Å². The molecule has 4 heteroatoms. The van der Waals surface area contributed by atoms with E-state index >= 15 is 0 Å². The van der Waals surface area contributed by atoms with Crippen LogP contribution in [0.25, 0.3) is 0 Å². The second kappa shape index (κ2) is 7.53. The minimum atomic E-state index is -0.554. The number of hydrogen-bond acceptors (Lipinski definition) is 4. The highest BCUT2D eigenvalue weighted by atomic mass is 16.5. The fourth-order valence-corrected chi connectivity index (χ4v) is 9.65. The van der Waals surface area contributed by atoms with Crippen LogP contribution in [-0.4, -0.2) is 24.1 Å². The summed E-state index contributed by atoms with van der Waals surface area (Å²) in [6.07, 6.45) is 10.3. The Labute approximate surface area is 193 Å². The molecule has 0 radical (unpaired) electrons. The van der Waals surface area contributed by atoms with Gasteiger partial charge in [-0.05, 0) is 79.4 Å². The molecule has 0 bridgehead atoms. The first kappa shape index (κ1) is 23.7. The lowest BCUT2D eigenvalue weighted by molar-refractivity contribution is -0.238. The third-order valence-corrected chi connectivity index (χ3v) is 11.0. The summed E-state index contributed by atoms with van der Waals surface area (Å²) in [5, 5.41) is 0. The number of Topliss-reactive ketones (excluding diaryl/α,β-unsaturated/α-hetero) is 1. The fourth-order valence-electron chi connectivity index (χ4n) is 9.65. The summed E-state index contributed by atoms with van der Waals surface area (Å²) in [5.41, 5.74) is 0.643. The SMILES string of the molecule is CC(=O)O[C@H]1C[C@H]2[C@@]3(C)CCCC(C)(C)[C@@H]3CC[C@@]2(C)[C@@H]2CC=C(C(C)=O)[C@H](C=O)[C@@]12C. The van der Waals surface area contributed by atoms with Crippen molar-refractivity contribution in [3.8, 4) is 0 Å². The van der Waals surface area contributed by atoms with Gasteiger partial charge in [0.15, 0.2) is 5.78 Å². The van der Waals surface area contributed by atoms with Gasteiger partial charge in [0.25, 0.3) is 0 Å². The summed E-state index contributed by atoms with van der Waals surface area (Å²) in [6.45, 7) is 15.0. The number of allylic oxidation sites excluding steroid dienone is 2. The molecule has 32 heavy (non-hydrogen) atoms. The summed E-state index contributed by atoms with van der Waals surface area (Å²) >= 11 is 0. The molecule has 8 atom stereocenters. The van der Waals surface area contributed by atoms with Gasteiger partial charge in [-0.25, -0.2) is 0 Å². The van der Waals surface area contributed by atoms with Crippen LogP contribution >= 0.6 is 0 Å². The number of esters is 1. The van der Waals surface area contributed by atoms with Crippen LogP contribution in [0.15, 0.2) is 11.6 Å². The molecule has 0 amide bonds. The van der Waals surface area contributed by atoms with Crippen molar-refractivity contribution in [2.75, 3.05) is 0 Å². The highest BCUT2D eigenvalue weighted by molar-refractivity contribution is 5.97. The van der Waals surface area contributed by atoms with E-state index in [1.807, 2.05) is 6.08 Å². The first-order valence-electron chi connectivity index (χ1n) is 12.7. The summed E-state index contributed by atoms with van der Waals surface area (Å²) in [4.78, 5) is 37.2. The van der Waals surface area contributed by atoms with Gasteiger partial charge in [-0.1, -0.05) is 47.1 Å². The smallest absolute Gasteiger partial charge is 0.302 e. The van der Waals surface area contributed by atoms with Crippen molar-refractivity contribution < 1.29 is 19.1 Å². The Morgan fingerprint density at radius 2 is 1.62 bits per heavy atom. The van der Waals surface area contributed by atoms with Crippen LogP contribution < -0.4 is 0 Å². The largest absolute Gasteiger partial charge is 0.462 e. The lowest BCUT2D eigenvalue weighted by Gasteiger charge is -2.70. The van der Waals surface area contributed by atoms with Gasteiger partial charge >= 0.3 is 5.97 Å². The van der Waals surface area contributed by atoms with Crippen LogP contribution in [0.1, 0.15) is 93.4 Å². The molecule has 0 aromatic rings. The zero-order valence-corrected chi connectivity index (χ0v) is 21.1. The zero-order valence-electron chi connectivity index (χ0n) is 21.1. The van der Waals surface area contributed by atoms with Crippen molar-refractivity contribution in [3.05, 3.63) is 11.6 Å². The van der Waals surface area contributed by atoms with Gasteiger partial charge < -0.3 is 9.53 Å². The maximum absolute atomic E-state index is 12.5. The van der Waals surface area contributed by atoms with Gasteiger partial charge in [0.2, 0.25) is 0 Å². The van der Waals surface area contributed by atoms with Crippen molar-refractivity contribution >= 4 is 18.0 Å². The average molecular weight is 443 g/mol. The third-order valence-electron chi connectivity index (χ3n) is 11.0. The number of ether oxygens (including phenoxy) is 1. The van der Waals surface area contributed by atoms with Crippen molar-refractivity contribution in [1.29, 1.82) is 0 Å². The Kier molecular flexibility index (Phi) is 5.58. The molecule has 0 aromatic carbocycles. The van der Waals surface area contributed by atoms with Gasteiger partial charge in [-0.15, -0.1) is 0 Å². The van der Waals surface area contributed by atoms with E-state index in [1.165, 1.54) is 32.6 Å². The van der Waals surface area contributed by atoms with E-state index in [4.69, 9.17) is 4.74 Å². The van der Waals surface area contributed by atoms with E-state index < -0.39 is 11.3 Å². The van der Waals surface area contributed by atoms with E-state index in [1.54, 1.807) is 6.92 Å². The molecule has 0 unspecified atom stereocenters. The molecule has 0 heterocycles. The Bertz CT molecular complexity index is 855. The minimum Gasteiger partial charge on any atom is -0.462 e. The molecule has 0 aromatic heterocycles. The standard InChI is InChI=1S/C28H42O4/c1-17(30)19-9-10-22-27(6)14-11-21-25(3,4)12-8-13-26(21,5)23(27)15-24(32-18(2)31)28(22,7)20(19)16-29/h9,16,20-24H,8,10-15H2,1-7H3/t20-,21-,22-,23-,24-,26-,27-,28+/m0/s1. The molecule has 3 fully saturated rings. The molecule has 4 rings (SSSR count). The van der Waals surface area contributed by atoms with Gasteiger partial charge in [-0.2, -0.15) is 0 Å². The molecular weight excluding hydrogens is 400 g/mol. The Morgan fingerprint density at radius 1 is 0.969 bits per heavy atom. The monoisotopic (exact) mass is 442 g/mol. The lowest BCUT2D eigenvalue weighted by atomic mass is 9.34. The first-order chi connectivity index (χ1) is 14.8. The predicted molar refractivity (Wildman–Crippen MR) is 125 cm³/mol. The quantitative estimate of drug-likeness (QED) is 0.402. The third kappa shape index (κ3) is 3.10. The Hall–Kier alpha value is -1.45. The normalized spacial score (nSPS) is 47.2. The fraction of sp³-hybridized carbons (Fsp3) is 0.821. The molecule has 178 valence electrons. The van der Waals surface area contributed by atoms with Crippen molar-refractivity contribution in [2.24, 2.45) is 45.3 Å². The number of fused-ring (bicyclic) bond motifs is 5. The van der Waals surface area contributed by atoms with E-state index in [0.29, 0.717) is 22.8 Å². The van der Waals surface area contributed by atoms with Crippen LogP contribution in [0, 0.1) is 45.3 Å². The second-order valence-corrected chi connectivity index (χ2v) is 12.8. The number of aldehydes is 1. The number of rotatable bonds is 3. The van der Waals surface area contributed by atoms with Gasteiger partial charge in [0.05, 0.1) is 5.92 Å². The summed E-state index contributed by atoms with van der Waals surface area (Å²) in [7, 11) is 0. The molecule has 0 N–H and O–H groups in total. The zero-order chi connectivity index (χ0) is 23.7. The number of carbonyl (C=O) groups excluding carboxylic acids is 3. The maximum atomic E-state index is 12.5. The summed E-state index contributed by atoms with van der Waals surface area (Å²) in [5.74, 6) is 0.464. The highest BCUT2D eigenvalue weighted by Crippen LogP contribution is 2.73. The average Bonchev–Trinajstić information content (AvgIpc) is 2.67. The van der Waals surface area contributed by atoms with Crippen molar-refractivity contribution in [2.45, 2.75) is 99.5 Å². The summed E-state index contributed by atoms with van der Waals surface area (Å²) in [6, 6.07) is 0. The number of hydrogen-bond donors (Lipinski definition) is 0. The minimum absolute atomic E-state index is 0.0414. The van der Waals surface area contributed by atoms with Crippen LogP contribution in [0.3, 0.4) is 0 Å². The first-order valence-corrected chi connectivity index (χ1v) is 12.7. The summed E-state index contributed by atoms with van der Waals surface area (Å²) < 4.78 is 6.06. The van der Waals surface area contributed by atoms with E-state index in [2.05, 4.69) is 34.6 Å². The predicted octanol–water partition coefficient (Wildman–Crippen LogP) is 5.93. The molecule has 4 aliphatic rings. The Morgan fingerprint density at radius 3 is 2.22 bits per heavy atom. The van der Waals surface area contributed by atoms with E-state index in [-0.39, 0.29) is 34.6 Å². The van der Waals surface area contributed by atoms with Crippen LogP contribution in [0.5, 0.6) is 0 Å². The molecule has 0 aliphatic heterocycles. The van der Waals surface area contributed by atoms with Crippen LogP contribution in [0.2, 0.25) is 0 Å².